The molecule has 0 unspecified atom stereocenters. The first-order valence-electron chi connectivity index (χ1n) is 5.29. The smallest absolute Gasteiger partial charge is 0.225 e. The molecule has 1 amide bonds. The number of phenolic OH excluding ortho intramolecular Hbond substituents is 1. The van der Waals surface area contributed by atoms with Gasteiger partial charge in [0.15, 0.2) is 10.2 Å². The molecule has 0 aliphatic heterocycles. The van der Waals surface area contributed by atoms with Gasteiger partial charge in [-0.1, -0.05) is 18.3 Å². The fourth-order valence-corrected chi connectivity index (χ4v) is 2.49. The molecule has 0 bridgehead atoms. The number of amides is 1. The summed E-state index contributed by atoms with van der Waals surface area (Å²) in [7, 11) is 0. The number of carbonyl (C=O) groups is 1. The van der Waals surface area contributed by atoms with Gasteiger partial charge in [-0.05, 0) is 30.4 Å². The number of hydrogen-bond acceptors (Lipinski definition) is 5. The number of aromatic nitrogens is 1. The molecule has 1 aromatic carbocycles. The van der Waals surface area contributed by atoms with Gasteiger partial charge in [-0.25, -0.2) is 4.98 Å². The van der Waals surface area contributed by atoms with Crippen LogP contribution in [0.3, 0.4) is 0 Å². The molecule has 2 rings (SSSR count). The molecule has 0 atom stereocenters. The highest BCUT2D eigenvalue weighted by atomic mass is 32.1. The molecule has 1 aromatic heterocycles. The first-order valence-corrected chi connectivity index (χ1v) is 6.51. The topological polar surface area (TPSA) is 74.2 Å². The van der Waals surface area contributed by atoms with Crippen molar-refractivity contribution in [3.8, 4) is 5.75 Å². The fraction of sp³-hybridized carbons (Fsp3) is 0.182. The molecule has 0 aliphatic carbocycles. The molecule has 2 aromatic rings. The van der Waals surface area contributed by atoms with Crippen molar-refractivity contribution in [2.24, 2.45) is 0 Å². The zero-order chi connectivity index (χ0) is 13.1. The van der Waals surface area contributed by atoms with Crippen LogP contribution in [0.1, 0.15) is 13.3 Å². The zero-order valence-corrected chi connectivity index (χ0v) is 11.2. The van der Waals surface area contributed by atoms with E-state index < -0.39 is 0 Å². The molecule has 0 saturated carbocycles. The Kier molecular flexibility index (Phi) is 3.73. The molecular formula is C11H11N3O2S2. The van der Waals surface area contributed by atoms with E-state index in [1.54, 1.807) is 25.1 Å². The summed E-state index contributed by atoms with van der Waals surface area (Å²) in [4.78, 5) is 15.4. The van der Waals surface area contributed by atoms with Crippen molar-refractivity contribution in [2.45, 2.75) is 13.3 Å². The van der Waals surface area contributed by atoms with Gasteiger partial charge >= 0.3 is 0 Å². The van der Waals surface area contributed by atoms with Gasteiger partial charge in [0, 0.05) is 6.42 Å². The molecule has 0 spiro atoms. The Morgan fingerprint density at radius 1 is 1.56 bits per heavy atom. The highest BCUT2D eigenvalue weighted by Gasteiger charge is 2.07. The Morgan fingerprint density at radius 2 is 2.33 bits per heavy atom. The van der Waals surface area contributed by atoms with Gasteiger partial charge in [-0.2, -0.15) is 0 Å². The van der Waals surface area contributed by atoms with E-state index >= 15 is 0 Å². The molecular weight excluding hydrogens is 270 g/mol. The molecule has 0 fully saturated rings. The third kappa shape index (κ3) is 2.93. The Bertz CT molecular complexity index is 609. The Hall–Kier alpha value is -1.73. The Labute approximate surface area is 113 Å². The summed E-state index contributed by atoms with van der Waals surface area (Å²) in [6.07, 6.45) is 0.371. The van der Waals surface area contributed by atoms with Gasteiger partial charge in [0.1, 0.15) is 5.75 Å². The minimum Gasteiger partial charge on any atom is -0.508 e. The molecule has 18 heavy (non-hydrogen) atoms. The van der Waals surface area contributed by atoms with Crippen molar-refractivity contribution < 1.29 is 9.90 Å². The molecule has 94 valence electrons. The molecule has 3 N–H and O–H groups in total. The van der Waals surface area contributed by atoms with Gasteiger partial charge in [-0.3, -0.25) is 4.79 Å². The Morgan fingerprint density at radius 3 is 3.06 bits per heavy atom. The lowest BCUT2D eigenvalue weighted by molar-refractivity contribution is -0.119. The first kappa shape index (κ1) is 12.7. The van der Waals surface area contributed by atoms with Gasteiger partial charge in [0.05, 0.1) is 10.2 Å². The van der Waals surface area contributed by atoms with Crippen LogP contribution >= 0.6 is 23.6 Å². The van der Waals surface area contributed by atoms with Crippen molar-refractivity contribution in [2.75, 3.05) is 5.32 Å². The number of rotatable bonds is 2. The monoisotopic (exact) mass is 281 g/mol. The lowest BCUT2D eigenvalue weighted by Gasteiger charge is -2.04. The van der Waals surface area contributed by atoms with Crippen LogP contribution < -0.4 is 10.6 Å². The van der Waals surface area contributed by atoms with E-state index in [9.17, 15) is 9.90 Å². The normalized spacial score (nSPS) is 10.3. The van der Waals surface area contributed by atoms with Crippen LogP contribution in [0, 0.1) is 0 Å². The van der Waals surface area contributed by atoms with E-state index in [-0.39, 0.29) is 16.8 Å². The number of thiocarbonyl (C=S) groups is 1. The summed E-state index contributed by atoms with van der Waals surface area (Å²) < 4.78 is 0.849. The van der Waals surface area contributed by atoms with Crippen LogP contribution in [0.25, 0.3) is 10.2 Å². The lowest BCUT2D eigenvalue weighted by atomic mass is 10.3. The SMILES string of the molecule is CCC(=O)NC(=S)Nc1nc2ccc(O)cc2s1. The molecule has 1 heterocycles. The predicted molar refractivity (Wildman–Crippen MR) is 75.9 cm³/mol. The van der Waals surface area contributed by atoms with Crippen molar-refractivity contribution in [1.29, 1.82) is 0 Å². The van der Waals surface area contributed by atoms with Gasteiger partial charge in [-0.15, -0.1) is 0 Å². The molecule has 5 nitrogen and oxygen atoms in total. The van der Waals surface area contributed by atoms with Crippen LogP contribution in [0.5, 0.6) is 5.75 Å². The third-order valence-corrected chi connectivity index (χ3v) is 3.30. The zero-order valence-electron chi connectivity index (χ0n) is 9.56. The van der Waals surface area contributed by atoms with Crippen molar-refractivity contribution in [3.63, 3.8) is 0 Å². The average Bonchev–Trinajstić information content (AvgIpc) is 2.69. The minimum absolute atomic E-state index is 0.147. The van der Waals surface area contributed by atoms with E-state index in [2.05, 4.69) is 15.6 Å². The maximum atomic E-state index is 11.1. The molecule has 0 radical (unpaired) electrons. The highest BCUT2D eigenvalue weighted by Crippen LogP contribution is 2.28. The Balaban J connectivity index is 2.12. The highest BCUT2D eigenvalue weighted by molar-refractivity contribution is 7.80. The van der Waals surface area contributed by atoms with Gasteiger partial charge in [0.2, 0.25) is 5.91 Å². The second-order valence-corrected chi connectivity index (χ2v) is 4.97. The number of hydrogen-bond donors (Lipinski definition) is 3. The minimum atomic E-state index is -0.147. The molecule has 0 saturated heterocycles. The predicted octanol–water partition coefficient (Wildman–Crippen LogP) is 2.22. The van der Waals surface area contributed by atoms with E-state index in [4.69, 9.17) is 12.2 Å². The van der Waals surface area contributed by atoms with Crippen molar-refractivity contribution in [3.05, 3.63) is 18.2 Å². The van der Waals surface area contributed by atoms with Crippen LogP contribution in [-0.4, -0.2) is 21.1 Å². The number of benzene rings is 1. The van der Waals surface area contributed by atoms with Crippen molar-refractivity contribution >= 4 is 49.9 Å². The van der Waals surface area contributed by atoms with Crippen LogP contribution in [0.4, 0.5) is 5.13 Å². The number of anilines is 1. The van der Waals surface area contributed by atoms with Crippen LogP contribution in [-0.2, 0) is 4.79 Å². The summed E-state index contributed by atoms with van der Waals surface area (Å²) in [5, 5.41) is 15.5. The van der Waals surface area contributed by atoms with Crippen molar-refractivity contribution in [1.82, 2.24) is 10.3 Å². The maximum absolute atomic E-state index is 11.1. The summed E-state index contributed by atoms with van der Waals surface area (Å²) in [5.41, 5.74) is 0.768. The molecule has 7 heteroatoms. The quantitative estimate of drug-likeness (QED) is 0.736. The number of thiazole rings is 1. The summed E-state index contributed by atoms with van der Waals surface area (Å²) in [6, 6.07) is 4.93. The number of fused-ring (bicyclic) bond motifs is 1. The largest absolute Gasteiger partial charge is 0.508 e. The maximum Gasteiger partial charge on any atom is 0.225 e. The van der Waals surface area contributed by atoms with E-state index in [0.717, 1.165) is 10.2 Å². The number of phenols is 1. The average molecular weight is 281 g/mol. The second kappa shape index (κ2) is 5.28. The van der Waals surface area contributed by atoms with Gasteiger partial charge < -0.3 is 15.7 Å². The van der Waals surface area contributed by atoms with Crippen LogP contribution in [0.2, 0.25) is 0 Å². The first-order chi connectivity index (χ1) is 8.58. The summed E-state index contributed by atoms with van der Waals surface area (Å²) in [6.45, 7) is 1.75. The summed E-state index contributed by atoms with van der Waals surface area (Å²) in [5.74, 6) is 0.0471. The fourth-order valence-electron chi connectivity index (χ4n) is 1.31. The second-order valence-electron chi connectivity index (χ2n) is 3.53. The number of nitrogens with one attached hydrogen (secondary N) is 2. The number of carbonyl (C=O) groups excluding carboxylic acids is 1. The van der Waals surface area contributed by atoms with E-state index in [0.29, 0.717) is 11.6 Å². The van der Waals surface area contributed by atoms with Crippen LogP contribution in [0.15, 0.2) is 18.2 Å². The molecule has 0 aliphatic rings. The van der Waals surface area contributed by atoms with E-state index in [1.165, 1.54) is 11.3 Å². The standard InChI is InChI=1S/C11H11N3O2S2/c1-2-9(16)13-10(17)14-11-12-7-4-3-6(15)5-8(7)18-11/h3-5,15H,2H2,1H3,(H2,12,13,14,16,17). The summed E-state index contributed by atoms with van der Waals surface area (Å²) >= 11 is 6.34. The number of nitrogens with zero attached hydrogens (tertiary/aromatic N) is 1. The third-order valence-electron chi connectivity index (χ3n) is 2.17. The van der Waals surface area contributed by atoms with E-state index in [1.807, 2.05) is 0 Å². The van der Waals surface area contributed by atoms with Gasteiger partial charge in [0.25, 0.3) is 0 Å². The number of aromatic hydroxyl groups is 1. The lowest BCUT2D eigenvalue weighted by Crippen LogP contribution is -2.33.